The molecule has 0 aliphatic carbocycles. The first-order chi connectivity index (χ1) is 5.72. The molecule has 0 N–H and O–H groups in total. The molecule has 0 amide bonds. The third-order valence-electron chi connectivity index (χ3n) is 1.86. The molecule has 1 heterocycles. The molecular weight excluding hydrogens is 150 g/mol. The highest BCUT2D eigenvalue weighted by atomic mass is 16.5. The van der Waals surface area contributed by atoms with Crippen molar-refractivity contribution in [3.8, 4) is 0 Å². The van der Waals surface area contributed by atoms with Gasteiger partial charge in [-0.2, -0.15) is 0 Å². The van der Waals surface area contributed by atoms with E-state index in [1.807, 2.05) is 20.8 Å². The topological polar surface area (TPSA) is 12.5 Å². The van der Waals surface area contributed by atoms with Crippen LogP contribution >= 0.6 is 0 Å². The first-order valence-electron chi connectivity index (χ1n) is 4.71. The Kier molecular flexibility index (Phi) is 5.81. The van der Waals surface area contributed by atoms with Gasteiger partial charge < -0.3 is 9.64 Å². The van der Waals surface area contributed by atoms with Crippen LogP contribution < -0.4 is 0 Å². The van der Waals surface area contributed by atoms with Crippen molar-refractivity contribution >= 4 is 0 Å². The van der Waals surface area contributed by atoms with Gasteiger partial charge in [-0.1, -0.05) is 20.4 Å². The quantitative estimate of drug-likeness (QED) is 0.600. The zero-order valence-electron chi connectivity index (χ0n) is 8.76. The molecule has 12 heavy (non-hydrogen) atoms. The summed E-state index contributed by atoms with van der Waals surface area (Å²) in [5.74, 6) is 0. The van der Waals surface area contributed by atoms with Gasteiger partial charge in [0.15, 0.2) is 0 Å². The van der Waals surface area contributed by atoms with Crippen LogP contribution in [-0.2, 0) is 4.74 Å². The second-order valence-electron chi connectivity index (χ2n) is 2.85. The molecule has 1 unspecified atom stereocenters. The van der Waals surface area contributed by atoms with E-state index in [4.69, 9.17) is 4.74 Å². The molecule has 2 heteroatoms. The number of allylic oxidation sites excluding steroid dienone is 1. The Morgan fingerprint density at radius 1 is 1.50 bits per heavy atom. The molecule has 1 saturated heterocycles. The van der Waals surface area contributed by atoms with Crippen molar-refractivity contribution in [1.82, 2.24) is 4.90 Å². The van der Waals surface area contributed by atoms with Crippen LogP contribution in [0, 0.1) is 0 Å². The standard InChI is InChI=1S/C8H15NO.C2H6/c1-7(2)9-4-5-10-6-8(9)3;1-2/h8H,1,4-6H2,2-3H3;1-2H3. The van der Waals surface area contributed by atoms with E-state index in [-0.39, 0.29) is 0 Å². The predicted molar refractivity (Wildman–Crippen MR) is 53.1 cm³/mol. The number of rotatable bonds is 1. The van der Waals surface area contributed by atoms with Crippen LogP contribution in [0.15, 0.2) is 12.3 Å². The summed E-state index contributed by atoms with van der Waals surface area (Å²) in [6.07, 6.45) is 0. The molecule has 0 saturated carbocycles. The lowest BCUT2D eigenvalue weighted by Crippen LogP contribution is -2.41. The second-order valence-corrected chi connectivity index (χ2v) is 2.85. The molecule has 72 valence electrons. The third kappa shape index (κ3) is 3.26. The first kappa shape index (κ1) is 11.5. The van der Waals surface area contributed by atoms with Crippen LogP contribution in [-0.4, -0.2) is 30.7 Å². The van der Waals surface area contributed by atoms with E-state index in [9.17, 15) is 0 Å². The van der Waals surface area contributed by atoms with Crippen molar-refractivity contribution in [3.63, 3.8) is 0 Å². The van der Waals surface area contributed by atoms with Crippen molar-refractivity contribution in [1.29, 1.82) is 0 Å². The second kappa shape index (κ2) is 6.06. The van der Waals surface area contributed by atoms with Gasteiger partial charge in [-0.05, 0) is 13.8 Å². The molecule has 1 rings (SSSR count). The monoisotopic (exact) mass is 171 g/mol. The summed E-state index contributed by atoms with van der Waals surface area (Å²) in [5, 5.41) is 0. The van der Waals surface area contributed by atoms with Crippen LogP contribution in [0.2, 0.25) is 0 Å². The highest BCUT2D eigenvalue weighted by molar-refractivity contribution is 4.92. The van der Waals surface area contributed by atoms with Crippen molar-refractivity contribution in [2.75, 3.05) is 19.8 Å². The van der Waals surface area contributed by atoms with Crippen LogP contribution in [0.4, 0.5) is 0 Å². The molecule has 0 spiro atoms. The summed E-state index contributed by atoms with van der Waals surface area (Å²) in [7, 11) is 0. The number of nitrogens with zero attached hydrogens (tertiary/aromatic N) is 1. The maximum Gasteiger partial charge on any atom is 0.0668 e. The minimum atomic E-state index is 0.506. The average Bonchev–Trinajstić information content (AvgIpc) is 2.08. The molecule has 0 aromatic rings. The molecule has 1 aliphatic heterocycles. The van der Waals surface area contributed by atoms with Gasteiger partial charge in [0.05, 0.1) is 13.2 Å². The van der Waals surface area contributed by atoms with Crippen LogP contribution in [0.3, 0.4) is 0 Å². The molecule has 1 aliphatic rings. The Morgan fingerprint density at radius 2 is 2.08 bits per heavy atom. The smallest absolute Gasteiger partial charge is 0.0668 e. The molecule has 0 radical (unpaired) electrons. The molecule has 0 aromatic carbocycles. The number of hydrogen-bond acceptors (Lipinski definition) is 2. The molecule has 1 fully saturated rings. The van der Waals surface area contributed by atoms with Crippen molar-refractivity contribution in [2.45, 2.75) is 33.7 Å². The SMILES string of the molecule is C=C(C)N1CCOCC1C.CC. The maximum absolute atomic E-state index is 5.28. The molecule has 0 bridgehead atoms. The normalized spacial score (nSPS) is 22.7. The summed E-state index contributed by atoms with van der Waals surface area (Å²) in [5.41, 5.74) is 1.15. The zero-order valence-corrected chi connectivity index (χ0v) is 8.76. The van der Waals surface area contributed by atoms with Crippen LogP contribution in [0.25, 0.3) is 0 Å². The maximum atomic E-state index is 5.28. The number of ether oxygens (including phenoxy) is 1. The Hall–Kier alpha value is -0.500. The van der Waals surface area contributed by atoms with Gasteiger partial charge in [0.1, 0.15) is 0 Å². The first-order valence-corrected chi connectivity index (χ1v) is 4.71. The summed E-state index contributed by atoms with van der Waals surface area (Å²) in [6, 6.07) is 0.506. The number of morpholine rings is 1. The van der Waals surface area contributed by atoms with Gasteiger partial charge in [-0.15, -0.1) is 0 Å². The summed E-state index contributed by atoms with van der Waals surface area (Å²) >= 11 is 0. The third-order valence-corrected chi connectivity index (χ3v) is 1.86. The number of hydrogen-bond donors (Lipinski definition) is 0. The Labute approximate surface area is 76.2 Å². The van der Waals surface area contributed by atoms with Crippen molar-refractivity contribution in [2.24, 2.45) is 0 Å². The highest BCUT2D eigenvalue weighted by Crippen LogP contribution is 2.10. The minimum absolute atomic E-state index is 0.506. The molecule has 2 nitrogen and oxygen atoms in total. The molecule has 1 atom stereocenters. The fourth-order valence-corrected chi connectivity index (χ4v) is 1.29. The Bertz CT molecular complexity index is 134. The van der Waals surface area contributed by atoms with E-state index in [0.29, 0.717) is 6.04 Å². The largest absolute Gasteiger partial charge is 0.377 e. The van der Waals surface area contributed by atoms with E-state index in [2.05, 4.69) is 18.4 Å². The zero-order chi connectivity index (χ0) is 9.56. The lowest BCUT2D eigenvalue weighted by Gasteiger charge is -2.35. The Morgan fingerprint density at radius 3 is 2.42 bits per heavy atom. The fraction of sp³-hybridized carbons (Fsp3) is 0.800. The van der Waals surface area contributed by atoms with Gasteiger partial charge in [-0.25, -0.2) is 0 Å². The lowest BCUT2D eigenvalue weighted by molar-refractivity contribution is 0.0173. The van der Waals surface area contributed by atoms with Gasteiger partial charge in [0, 0.05) is 18.3 Å². The molecule has 0 aromatic heterocycles. The van der Waals surface area contributed by atoms with Crippen molar-refractivity contribution in [3.05, 3.63) is 12.3 Å². The van der Waals surface area contributed by atoms with E-state index >= 15 is 0 Å². The van der Waals surface area contributed by atoms with E-state index < -0.39 is 0 Å². The fourth-order valence-electron chi connectivity index (χ4n) is 1.29. The lowest BCUT2D eigenvalue weighted by atomic mass is 10.2. The van der Waals surface area contributed by atoms with E-state index in [1.165, 1.54) is 0 Å². The van der Waals surface area contributed by atoms with E-state index in [1.54, 1.807) is 0 Å². The average molecular weight is 171 g/mol. The predicted octanol–water partition coefficient (Wildman–Crippen LogP) is 2.27. The summed E-state index contributed by atoms with van der Waals surface area (Å²) in [6.45, 7) is 14.8. The van der Waals surface area contributed by atoms with Crippen molar-refractivity contribution < 1.29 is 4.74 Å². The van der Waals surface area contributed by atoms with Gasteiger partial charge in [0.2, 0.25) is 0 Å². The summed E-state index contributed by atoms with van der Waals surface area (Å²) in [4.78, 5) is 2.28. The van der Waals surface area contributed by atoms with Gasteiger partial charge in [0.25, 0.3) is 0 Å². The summed E-state index contributed by atoms with van der Waals surface area (Å²) < 4.78 is 5.28. The van der Waals surface area contributed by atoms with E-state index in [0.717, 1.165) is 25.5 Å². The Balaban J connectivity index is 0.000000561. The van der Waals surface area contributed by atoms with Gasteiger partial charge >= 0.3 is 0 Å². The van der Waals surface area contributed by atoms with Gasteiger partial charge in [-0.3, -0.25) is 0 Å². The van der Waals surface area contributed by atoms with Crippen LogP contribution in [0.1, 0.15) is 27.7 Å². The van der Waals surface area contributed by atoms with Crippen LogP contribution in [0.5, 0.6) is 0 Å². The molecular formula is C10H21NO. The minimum Gasteiger partial charge on any atom is -0.377 e. The highest BCUT2D eigenvalue weighted by Gasteiger charge is 2.16.